The first kappa shape index (κ1) is 25.9. The van der Waals surface area contributed by atoms with Crippen molar-refractivity contribution in [2.45, 2.75) is 82.9 Å². The number of hydrogen-bond acceptors (Lipinski definition) is 6. The first-order valence-corrected chi connectivity index (χ1v) is 14.2. The van der Waals surface area contributed by atoms with Crippen LogP contribution in [0, 0.1) is 0 Å². The number of ether oxygens (including phenoxy) is 4. The minimum atomic E-state index is -0.223. The van der Waals surface area contributed by atoms with Gasteiger partial charge in [-0.1, -0.05) is 44.5 Å². The van der Waals surface area contributed by atoms with Gasteiger partial charge in [-0.2, -0.15) is 0 Å². The van der Waals surface area contributed by atoms with E-state index in [4.69, 9.17) is 18.9 Å². The predicted octanol–water partition coefficient (Wildman–Crippen LogP) is 6.81. The van der Waals surface area contributed by atoms with Crippen LogP contribution >= 0.6 is 11.8 Å². The van der Waals surface area contributed by atoms with Crippen molar-refractivity contribution in [1.82, 2.24) is 0 Å². The van der Waals surface area contributed by atoms with Gasteiger partial charge in [0.2, 0.25) is 0 Å². The molecule has 0 aromatic heterocycles. The standard InChI is InChI=1S/C26H30O5S.C3H8/c1-16(27)30-21-14-24(31-26(15-21)32-2)19-6-7-22(18-4-5-18)20(13-19)11-17-3-8-23-25(12-17)29-10-9-28-23;1-3-2/h3,6-8,12-13,18,21,24,26H,4-5,9-11,14-15H2,1-2H3;3H2,1-2H3/t21-,24-,26-;/m1./s1. The van der Waals surface area contributed by atoms with Crippen LogP contribution in [0.15, 0.2) is 36.4 Å². The number of carbonyl (C=O) groups is 1. The maximum Gasteiger partial charge on any atom is 0.302 e. The third kappa shape index (κ3) is 6.95. The van der Waals surface area contributed by atoms with Crippen molar-refractivity contribution in [2.75, 3.05) is 19.5 Å². The van der Waals surface area contributed by atoms with Gasteiger partial charge in [0.15, 0.2) is 11.5 Å². The molecule has 6 heteroatoms. The van der Waals surface area contributed by atoms with E-state index < -0.39 is 0 Å². The van der Waals surface area contributed by atoms with Crippen molar-refractivity contribution in [1.29, 1.82) is 0 Å². The third-order valence-corrected chi connectivity index (χ3v) is 7.23. The van der Waals surface area contributed by atoms with E-state index in [0.29, 0.717) is 25.6 Å². The van der Waals surface area contributed by atoms with Gasteiger partial charge in [-0.25, -0.2) is 0 Å². The molecule has 2 heterocycles. The van der Waals surface area contributed by atoms with E-state index >= 15 is 0 Å². The molecule has 1 aliphatic carbocycles. The van der Waals surface area contributed by atoms with E-state index in [1.54, 1.807) is 11.8 Å². The molecule has 190 valence electrons. The zero-order chi connectivity index (χ0) is 24.8. The number of esters is 1. The van der Waals surface area contributed by atoms with Crippen LogP contribution in [0.4, 0.5) is 0 Å². The maximum atomic E-state index is 11.5. The molecule has 35 heavy (non-hydrogen) atoms. The minimum absolute atomic E-state index is 0.0300. The van der Waals surface area contributed by atoms with Gasteiger partial charge in [0, 0.05) is 19.8 Å². The molecule has 2 fully saturated rings. The van der Waals surface area contributed by atoms with Crippen molar-refractivity contribution in [3.8, 4) is 11.5 Å². The Kier molecular flexibility index (Phi) is 9.01. The molecule has 0 amide bonds. The van der Waals surface area contributed by atoms with Crippen LogP contribution in [-0.2, 0) is 20.7 Å². The highest BCUT2D eigenvalue weighted by molar-refractivity contribution is 7.99. The highest BCUT2D eigenvalue weighted by Crippen LogP contribution is 2.44. The van der Waals surface area contributed by atoms with Crippen LogP contribution in [0.25, 0.3) is 0 Å². The van der Waals surface area contributed by atoms with Crippen LogP contribution in [0.5, 0.6) is 11.5 Å². The Morgan fingerprint density at radius 3 is 2.46 bits per heavy atom. The molecule has 0 spiro atoms. The molecule has 0 unspecified atom stereocenters. The smallest absolute Gasteiger partial charge is 0.302 e. The summed E-state index contributed by atoms with van der Waals surface area (Å²) < 4.78 is 23.4. The number of rotatable bonds is 6. The molecule has 3 atom stereocenters. The Hall–Kier alpha value is -2.18. The van der Waals surface area contributed by atoms with Crippen LogP contribution < -0.4 is 9.47 Å². The Morgan fingerprint density at radius 2 is 1.77 bits per heavy atom. The zero-order valence-electron chi connectivity index (χ0n) is 21.4. The summed E-state index contributed by atoms with van der Waals surface area (Å²) in [5, 5.41) is 0. The summed E-state index contributed by atoms with van der Waals surface area (Å²) in [6.07, 6.45) is 7.92. The molecule has 2 aromatic carbocycles. The van der Waals surface area contributed by atoms with Gasteiger partial charge in [0.1, 0.15) is 24.8 Å². The summed E-state index contributed by atoms with van der Waals surface area (Å²) in [6.45, 7) is 6.93. The molecular formula is C29H38O5S. The van der Waals surface area contributed by atoms with E-state index in [2.05, 4.69) is 44.2 Å². The van der Waals surface area contributed by atoms with Gasteiger partial charge in [0.25, 0.3) is 0 Å². The van der Waals surface area contributed by atoms with E-state index in [9.17, 15) is 4.79 Å². The fraction of sp³-hybridized carbons (Fsp3) is 0.552. The Labute approximate surface area is 213 Å². The molecule has 2 aromatic rings. The van der Waals surface area contributed by atoms with Crippen LogP contribution in [0.1, 0.15) is 87.2 Å². The summed E-state index contributed by atoms with van der Waals surface area (Å²) in [5.74, 6) is 2.10. The lowest BCUT2D eigenvalue weighted by atomic mass is 9.91. The molecule has 1 saturated carbocycles. The lowest BCUT2D eigenvalue weighted by Gasteiger charge is -2.34. The number of fused-ring (bicyclic) bond motifs is 1. The van der Waals surface area contributed by atoms with Crippen molar-refractivity contribution in [3.63, 3.8) is 0 Å². The average molecular weight is 499 g/mol. The van der Waals surface area contributed by atoms with Crippen molar-refractivity contribution in [2.24, 2.45) is 0 Å². The SMILES string of the molecule is CCC.CS[C@@H]1C[C@H](OC(C)=O)C[C@H](c2ccc(C3CC3)c(Cc3ccc4c(c3)OCCO4)c2)O1. The van der Waals surface area contributed by atoms with Gasteiger partial charge in [0.05, 0.1) is 6.10 Å². The molecule has 0 N–H and O–H groups in total. The minimum Gasteiger partial charge on any atom is -0.486 e. The molecular weight excluding hydrogens is 460 g/mol. The summed E-state index contributed by atoms with van der Waals surface area (Å²) in [7, 11) is 0. The van der Waals surface area contributed by atoms with Crippen molar-refractivity contribution in [3.05, 3.63) is 58.7 Å². The monoisotopic (exact) mass is 498 g/mol. The fourth-order valence-corrected chi connectivity index (χ4v) is 5.38. The van der Waals surface area contributed by atoms with E-state index in [1.807, 2.05) is 12.3 Å². The van der Waals surface area contributed by atoms with Gasteiger partial charge in [-0.15, -0.1) is 11.8 Å². The second-order valence-electron chi connectivity index (χ2n) is 9.59. The Balaban J connectivity index is 0.000000917. The maximum absolute atomic E-state index is 11.5. The molecule has 3 aliphatic rings. The fourth-order valence-electron chi connectivity index (χ4n) is 4.73. The van der Waals surface area contributed by atoms with E-state index in [1.165, 1.54) is 42.9 Å². The first-order chi connectivity index (χ1) is 17.0. The van der Waals surface area contributed by atoms with Crippen molar-refractivity contribution < 1.29 is 23.7 Å². The van der Waals surface area contributed by atoms with Gasteiger partial charge in [-0.05, 0) is 65.8 Å². The average Bonchev–Trinajstić information content (AvgIpc) is 3.69. The molecule has 2 aliphatic heterocycles. The van der Waals surface area contributed by atoms with Crippen LogP contribution in [-0.4, -0.2) is 37.0 Å². The summed E-state index contributed by atoms with van der Waals surface area (Å²) in [4.78, 5) is 11.5. The van der Waals surface area contributed by atoms with Crippen molar-refractivity contribution >= 4 is 17.7 Å². The third-order valence-electron chi connectivity index (χ3n) is 6.40. The number of carbonyl (C=O) groups excluding carboxylic acids is 1. The summed E-state index contributed by atoms with van der Waals surface area (Å²) in [6, 6.07) is 13.1. The molecule has 5 rings (SSSR count). The first-order valence-electron chi connectivity index (χ1n) is 12.9. The Morgan fingerprint density at radius 1 is 1.03 bits per heavy atom. The summed E-state index contributed by atoms with van der Waals surface area (Å²) in [5.41, 5.74) is 5.20. The Bertz CT molecular complexity index is 1000. The molecule has 0 radical (unpaired) electrons. The van der Waals surface area contributed by atoms with E-state index in [0.717, 1.165) is 29.9 Å². The van der Waals surface area contributed by atoms with E-state index in [-0.39, 0.29) is 23.6 Å². The highest BCUT2D eigenvalue weighted by atomic mass is 32.2. The highest BCUT2D eigenvalue weighted by Gasteiger charge is 2.33. The lowest BCUT2D eigenvalue weighted by Crippen LogP contribution is -2.32. The quantitative estimate of drug-likeness (QED) is 0.408. The van der Waals surface area contributed by atoms with Crippen LogP contribution in [0.3, 0.4) is 0 Å². The number of thioether (sulfide) groups is 1. The van der Waals surface area contributed by atoms with Gasteiger partial charge < -0.3 is 18.9 Å². The largest absolute Gasteiger partial charge is 0.486 e. The second kappa shape index (κ2) is 12.2. The second-order valence-corrected chi connectivity index (χ2v) is 10.6. The normalized spacial score (nSPS) is 23.1. The number of benzene rings is 2. The lowest BCUT2D eigenvalue weighted by molar-refractivity contribution is -0.155. The van der Waals surface area contributed by atoms with Gasteiger partial charge in [-0.3, -0.25) is 4.79 Å². The summed E-state index contributed by atoms with van der Waals surface area (Å²) >= 11 is 1.67. The zero-order valence-corrected chi connectivity index (χ0v) is 22.2. The predicted molar refractivity (Wildman–Crippen MR) is 141 cm³/mol. The molecule has 0 bridgehead atoms. The topological polar surface area (TPSA) is 54.0 Å². The molecule has 1 saturated heterocycles. The number of hydrogen-bond donors (Lipinski definition) is 0. The molecule has 5 nitrogen and oxygen atoms in total. The van der Waals surface area contributed by atoms with Crippen LogP contribution in [0.2, 0.25) is 0 Å². The van der Waals surface area contributed by atoms with Gasteiger partial charge >= 0.3 is 5.97 Å².